The highest BCUT2D eigenvalue weighted by Gasteiger charge is 2.17. The van der Waals surface area contributed by atoms with Crippen LogP contribution in [0.1, 0.15) is 30.9 Å². The van der Waals surface area contributed by atoms with Crippen molar-refractivity contribution in [2.75, 3.05) is 0 Å². The first-order valence-corrected chi connectivity index (χ1v) is 10.9. The monoisotopic (exact) mass is 386 g/mol. The van der Waals surface area contributed by atoms with E-state index in [0.717, 1.165) is 6.42 Å². The normalized spacial score (nSPS) is 12.5. The van der Waals surface area contributed by atoms with Crippen LogP contribution in [0.4, 0.5) is 0 Å². The summed E-state index contributed by atoms with van der Waals surface area (Å²) < 4.78 is 0. The van der Waals surface area contributed by atoms with Crippen LogP contribution in [-0.2, 0) is 6.42 Å². The Labute approximate surface area is 179 Å². The van der Waals surface area contributed by atoms with E-state index in [2.05, 4.69) is 110 Å². The molecule has 146 valence electrons. The number of rotatable bonds is 5. The van der Waals surface area contributed by atoms with Gasteiger partial charge in [0.05, 0.1) is 0 Å². The Morgan fingerprint density at radius 1 is 0.600 bits per heavy atom. The van der Waals surface area contributed by atoms with Gasteiger partial charge in [0.25, 0.3) is 0 Å². The van der Waals surface area contributed by atoms with Crippen molar-refractivity contribution in [2.45, 2.75) is 26.2 Å². The molecule has 0 nitrogen and oxygen atoms in total. The summed E-state index contributed by atoms with van der Waals surface area (Å²) in [5.41, 5.74) is 12.1. The van der Waals surface area contributed by atoms with Crippen LogP contribution in [0.25, 0.3) is 39.5 Å². The molecule has 0 saturated heterocycles. The second kappa shape index (κ2) is 8.16. The number of fused-ring (bicyclic) bond motifs is 1. The van der Waals surface area contributed by atoms with Gasteiger partial charge in [0.2, 0.25) is 0 Å². The molecule has 30 heavy (non-hydrogen) atoms. The van der Waals surface area contributed by atoms with Crippen molar-refractivity contribution in [1.29, 1.82) is 0 Å². The van der Waals surface area contributed by atoms with Crippen LogP contribution in [0.15, 0.2) is 103 Å². The summed E-state index contributed by atoms with van der Waals surface area (Å²) in [6.07, 6.45) is 5.93. The van der Waals surface area contributed by atoms with Gasteiger partial charge in [-0.1, -0.05) is 104 Å². The van der Waals surface area contributed by atoms with Gasteiger partial charge < -0.3 is 0 Å². The molecule has 0 N–H and O–H groups in total. The minimum atomic E-state index is 1.10. The number of allylic oxidation sites excluding steroid dienone is 1. The molecule has 0 radical (unpaired) electrons. The molecule has 4 aromatic rings. The molecule has 0 unspecified atom stereocenters. The van der Waals surface area contributed by atoms with Crippen LogP contribution in [-0.4, -0.2) is 0 Å². The Hall–Kier alpha value is -3.38. The number of hydrogen-bond acceptors (Lipinski definition) is 0. The summed E-state index contributed by atoms with van der Waals surface area (Å²) in [4.78, 5) is 0. The van der Waals surface area contributed by atoms with E-state index in [1.54, 1.807) is 5.57 Å². The summed E-state index contributed by atoms with van der Waals surface area (Å²) in [5, 5.41) is 0. The van der Waals surface area contributed by atoms with Crippen LogP contribution in [0, 0.1) is 0 Å². The quantitative estimate of drug-likeness (QED) is 0.323. The SMILES string of the molecule is CCCC1=Cc2c(cccc2-c2cc(-c3ccccc3)cc(-c3ccccc3)c2)C1. The van der Waals surface area contributed by atoms with Crippen LogP contribution < -0.4 is 0 Å². The smallest absolute Gasteiger partial charge is 0.00576 e. The van der Waals surface area contributed by atoms with Gasteiger partial charge >= 0.3 is 0 Å². The molecule has 1 aliphatic rings. The van der Waals surface area contributed by atoms with Crippen molar-refractivity contribution < 1.29 is 0 Å². The lowest BCUT2D eigenvalue weighted by atomic mass is 9.91. The van der Waals surface area contributed by atoms with Gasteiger partial charge in [-0.3, -0.25) is 0 Å². The minimum absolute atomic E-state index is 1.10. The van der Waals surface area contributed by atoms with E-state index in [1.165, 1.54) is 57.3 Å². The maximum Gasteiger partial charge on any atom is -0.00576 e. The first-order valence-electron chi connectivity index (χ1n) is 10.9. The third kappa shape index (κ3) is 3.62. The van der Waals surface area contributed by atoms with Gasteiger partial charge in [-0.05, 0) is 75.5 Å². The molecule has 0 aromatic heterocycles. The van der Waals surface area contributed by atoms with E-state index in [1.807, 2.05) is 0 Å². The Bertz CT molecular complexity index is 1140. The summed E-state index contributed by atoms with van der Waals surface area (Å²) in [5.74, 6) is 0. The van der Waals surface area contributed by atoms with Crippen molar-refractivity contribution in [3.8, 4) is 33.4 Å². The van der Waals surface area contributed by atoms with E-state index in [4.69, 9.17) is 0 Å². The predicted octanol–water partition coefficient (Wildman–Crippen LogP) is 8.43. The third-order valence-corrected chi connectivity index (χ3v) is 5.99. The molecule has 0 aliphatic heterocycles. The summed E-state index contributed by atoms with van der Waals surface area (Å²) >= 11 is 0. The van der Waals surface area contributed by atoms with E-state index in [-0.39, 0.29) is 0 Å². The van der Waals surface area contributed by atoms with Gasteiger partial charge in [0.1, 0.15) is 0 Å². The molecule has 0 heterocycles. The fourth-order valence-corrected chi connectivity index (χ4v) is 4.55. The van der Waals surface area contributed by atoms with Crippen LogP contribution in [0.3, 0.4) is 0 Å². The third-order valence-electron chi connectivity index (χ3n) is 5.99. The van der Waals surface area contributed by atoms with Crippen LogP contribution in [0.2, 0.25) is 0 Å². The molecule has 1 aliphatic carbocycles. The lowest BCUT2D eigenvalue weighted by Gasteiger charge is -2.13. The standard InChI is InChI=1S/C30H26/c1-2-10-22-17-25-15-9-16-29(30(25)18-22)28-20-26(23-11-5-3-6-12-23)19-27(21-28)24-13-7-4-8-14-24/h3-9,11-16,18-21H,2,10,17H2,1H3. The molecule has 4 aromatic carbocycles. The van der Waals surface area contributed by atoms with Crippen molar-refractivity contribution in [3.63, 3.8) is 0 Å². The zero-order valence-electron chi connectivity index (χ0n) is 17.4. The molecule has 0 fully saturated rings. The maximum absolute atomic E-state index is 2.44. The minimum Gasteiger partial charge on any atom is -0.0652 e. The van der Waals surface area contributed by atoms with Gasteiger partial charge in [0.15, 0.2) is 0 Å². The predicted molar refractivity (Wildman–Crippen MR) is 129 cm³/mol. The van der Waals surface area contributed by atoms with Gasteiger partial charge in [-0.15, -0.1) is 0 Å². The molecular formula is C30H26. The highest BCUT2D eigenvalue weighted by molar-refractivity contribution is 5.86. The molecule has 0 atom stereocenters. The fourth-order valence-electron chi connectivity index (χ4n) is 4.55. The van der Waals surface area contributed by atoms with Crippen LogP contribution in [0.5, 0.6) is 0 Å². The van der Waals surface area contributed by atoms with E-state index < -0.39 is 0 Å². The topological polar surface area (TPSA) is 0 Å². The van der Waals surface area contributed by atoms with Crippen molar-refractivity contribution in [3.05, 3.63) is 114 Å². The molecule has 0 spiro atoms. The van der Waals surface area contributed by atoms with E-state index in [9.17, 15) is 0 Å². The average molecular weight is 387 g/mol. The van der Waals surface area contributed by atoms with Crippen LogP contribution >= 0.6 is 0 Å². The highest BCUT2D eigenvalue weighted by Crippen LogP contribution is 2.38. The zero-order valence-corrected chi connectivity index (χ0v) is 17.4. The van der Waals surface area contributed by atoms with Crippen molar-refractivity contribution in [1.82, 2.24) is 0 Å². The Balaban J connectivity index is 1.69. The molecule has 5 rings (SSSR count). The second-order valence-electron chi connectivity index (χ2n) is 8.14. The number of benzene rings is 4. The molecule has 0 heteroatoms. The van der Waals surface area contributed by atoms with Gasteiger partial charge in [-0.25, -0.2) is 0 Å². The summed E-state index contributed by atoms with van der Waals surface area (Å²) in [7, 11) is 0. The average Bonchev–Trinajstić information content (AvgIpc) is 3.23. The van der Waals surface area contributed by atoms with Gasteiger partial charge in [-0.2, -0.15) is 0 Å². The Morgan fingerprint density at radius 3 is 1.80 bits per heavy atom. The largest absolute Gasteiger partial charge is 0.0652 e. The first kappa shape index (κ1) is 18.6. The molecule has 0 saturated carbocycles. The summed E-state index contributed by atoms with van der Waals surface area (Å²) in [6.45, 7) is 2.26. The maximum atomic E-state index is 2.44. The Kier molecular flexibility index (Phi) is 5.07. The lowest BCUT2D eigenvalue weighted by Crippen LogP contribution is -1.90. The molecular weight excluding hydrogens is 360 g/mol. The van der Waals surface area contributed by atoms with Crippen molar-refractivity contribution in [2.24, 2.45) is 0 Å². The van der Waals surface area contributed by atoms with E-state index in [0.29, 0.717) is 0 Å². The number of hydrogen-bond donors (Lipinski definition) is 0. The van der Waals surface area contributed by atoms with Crippen molar-refractivity contribution >= 4 is 6.08 Å². The fraction of sp³-hybridized carbons (Fsp3) is 0.133. The Morgan fingerprint density at radius 2 is 1.20 bits per heavy atom. The highest BCUT2D eigenvalue weighted by atomic mass is 14.2. The first-order chi connectivity index (χ1) is 14.8. The molecule has 0 bridgehead atoms. The van der Waals surface area contributed by atoms with Gasteiger partial charge in [0, 0.05) is 0 Å². The zero-order chi connectivity index (χ0) is 20.3. The lowest BCUT2D eigenvalue weighted by molar-refractivity contribution is 0.886. The summed E-state index contributed by atoms with van der Waals surface area (Å²) in [6, 6.07) is 35.2. The molecule has 0 amide bonds. The van der Waals surface area contributed by atoms with E-state index >= 15 is 0 Å². The second-order valence-corrected chi connectivity index (χ2v) is 8.14.